The van der Waals surface area contributed by atoms with E-state index >= 15 is 0 Å². The fourth-order valence-corrected chi connectivity index (χ4v) is 2.12. The molecule has 0 saturated carbocycles. The van der Waals surface area contributed by atoms with Gasteiger partial charge in [-0.3, -0.25) is 0 Å². The predicted octanol–water partition coefficient (Wildman–Crippen LogP) is -2.81. The summed E-state index contributed by atoms with van der Waals surface area (Å²) < 4.78 is 1.63. The molecule has 3 heteroatoms. The van der Waals surface area contributed by atoms with Crippen LogP contribution >= 0.6 is 0 Å². The first-order valence-corrected chi connectivity index (χ1v) is 5.28. The first-order valence-electron chi connectivity index (χ1n) is 4.05. The van der Waals surface area contributed by atoms with Gasteiger partial charge in [-0.25, -0.2) is 0 Å². The second kappa shape index (κ2) is 5.73. The topological polar surface area (TPSA) is 0 Å². The third-order valence-electron chi connectivity index (χ3n) is 2.17. The molecule has 0 radical (unpaired) electrons. The summed E-state index contributed by atoms with van der Waals surface area (Å²) >= 11 is 1.58. The van der Waals surface area contributed by atoms with Crippen LogP contribution in [-0.4, -0.2) is 0 Å². The average Bonchev–Trinajstić information content (AvgIpc) is 2.11. The molecule has 0 aromatic carbocycles. The van der Waals surface area contributed by atoms with E-state index in [1.54, 1.807) is 39.1 Å². The molecule has 0 unspecified atom stereocenters. The molecule has 0 fully saturated rings. The van der Waals surface area contributed by atoms with Crippen molar-refractivity contribution in [3.8, 4) is 0 Å². The molecule has 73 valence electrons. The van der Waals surface area contributed by atoms with Gasteiger partial charge in [0.05, 0.1) is 0 Å². The monoisotopic (exact) mass is 295 g/mol. The van der Waals surface area contributed by atoms with Gasteiger partial charge in [-0.05, 0) is 0 Å². The van der Waals surface area contributed by atoms with Crippen molar-refractivity contribution in [3.63, 3.8) is 0 Å². The second-order valence-corrected chi connectivity index (χ2v) is 5.66. The normalized spacial score (nSPS) is 16.3. The molecule has 0 amide bonds. The minimum atomic E-state index is 0. The van der Waals surface area contributed by atoms with E-state index in [0.717, 1.165) is 0 Å². The number of halogens is 2. The van der Waals surface area contributed by atoms with Crippen LogP contribution in [0.3, 0.4) is 0 Å². The summed E-state index contributed by atoms with van der Waals surface area (Å²) in [5.74, 6) is 0. The third-order valence-corrected chi connectivity index (χ3v) is 3.60. The van der Waals surface area contributed by atoms with Gasteiger partial charge in [-0.15, -0.1) is 0 Å². The first kappa shape index (κ1) is 16.4. The molecule has 0 aliphatic heterocycles. The molecule has 0 bridgehead atoms. The van der Waals surface area contributed by atoms with Gasteiger partial charge >= 0.3 is 84.8 Å². The summed E-state index contributed by atoms with van der Waals surface area (Å²) in [4.78, 5) is 0. The Hall–Kier alpha value is 0.943. The van der Waals surface area contributed by atoms with Crippen LogP contribution in [0.5, 0.6) is 0 Å². The number of rotatable bonds is 0. The zero-order chi connectivity index (χ0) is 8.65. The predicted molar refractivity (Wildman–Crippen MR) is 44.9 cm³/mol. The van der Waals surface area contributed by atoms with E-state index in [2.05, 4.69) is 33.8 Å². The Bertz CT molecular complexity index is 234. The fourth-order valence-electron chi connectivity index (χ4n) is 1.54. The summed E-state index contributed by atoms with van der Waals surface area (Å²) in [6.45, 7) is 9.12. The van der Waals surface area contributed by atoms with Crippen molar-refractivity contribution < 1.29 is 49.5 Å². The molecule has 1 aliphatic rings. The van der Waals surface area contributed by atoms with Crippen molar-refractivity contribution in [2.24, 2.45) is 5.41 Å². The van der Waals surface area contributed by atoms with Crippen molar-refractivity contribution >= 4 is 0 Å². The molecular formula is C10H15Cl2Zr. The summed E-state index contributed by atoms with van der Waals surface area (Å²) in [7, 11) is 0. The van der Waals surface area contributed by atoms with E-state index < -0.39 is 0 Å². The molecule has 13 heavy (non-hydrogen) atoms. The van der Waals surface area contributed by atoms with Crippen molar-refractivity contribution in [1.29, 1.82) is 0 Å². The second-order valence-electron chi connectivity index (χ2n) is 4.18. The van der Waals surface area contributed by atoms with E-state index in [1.165, 1.54) is 6.42 Å². The Labute approximate surface area is 109 Å². The molecule has 0 nitrogen and oxygen atoms in total. The van der Waals surface area contributed by atoms with Gasteiger partial charge < -0.3 is 24.8 Å². The third kappa shape index (κ3) is 3.90. The SMILES string of the molecule is CC1=[C]([Zr+2])CC=C1C(C)(C)C.[Cl-].[Cl-]. The zero-order valence-electron chi connectivity index (χ0n) is 8.54. The van der Waals surface area contributed by atoms with Crippen molar-refractivity contribution in [2.75, 3.05) is 0 Å². The van der Waals surface area contributed by atoms with Crippen LogP contribution in [0, 0.1) is 5.41 Å². The smallest absolute Gasteiger partial charge is 1.00 e. The van der Waals surface area contributed by atoms with Crippen LogP contribution in [0.2, 0.25) is 0 Å². The summed E-state index contributed by atoms with van der Waals surface area (Å²) in [5.41, 5.74) is 3.46. The first-order chi connectivity index (χ1) is 4.93. The maximum Gasteiger partial charge on any atom is -1.00 e. The van der Waals surface area contributed by atoms with Crippen LogP contribution in [0.25, 0.3) is 0 Å². The molecule has 0 atom stereocenters. The van der Waals surface area contributed by atoms with Gasteiger partial charge in [0.15, 0.2) is 0 Å². The van der Waals surface area contributed by atoms with Gasteiger partial charge in [-0.1, -0.05) is 0 Å². The van der Waals surface area contributed by atoms with E-state index in [-0.39, 0.29) is 24.8 Å². The van der Waals surface area contributed by atoms with Crippen molar-refractivity contribution in [1.82, 2.24) is 0 Å². The minimum Gasteiger partial charge on any atom is -1.00 e. The van der Waals surface area contributed by atoms with Gasteiger partial charge in [0, 0.05) is 0 Å². The summed E-state index contributed by atoms with van der Waals surface area (Å²) in [6.07, 6.45) is 3.59. The van der Waals surface area contributed by atoms with Crippen LogP contribution in [0.1, 0.15) is 34.1 Å². The largest absolute Gasteiger partial charge is 1.00 e. The Balaban J connectivity index is 0. The molecule has 0 saturated heterocycles. The Morgan fingerprint density at radius 3 is 1.85 bits per heavy atom. The maximum atomic E-state index is 2.39. The van der Waals surface area contributed by atoms with E-state index in [4.69, 9.17) is 0 Å². The maximum absolute atomic E-state index is 2.39. The van der Waals surface area contributed by atoms with Crippen LogP contribution in [0.15, 0.2) is 20.5 Å². The van der Waals surface area contributed by atoms with Crippen molar-refractivity contribution in [3.05, 3.63) is 20.5 Å². The van der Waals surface area contributed by atoms with E-state index in [1.807, 2.05) is 0 Å². The standard InChI is InChI=1S/C10H15.2ClH.Zr/c1-8-6-5-7-9(8)10(2,3)4;;;/h7H,5H2,1-4H3;2*1H;/q;;;+2/p-2. The molecule has 0 N–H and O–H groups in total. The molecule has 1 rings (SSSR count). The zero-order valence-corrected chi connectivity index (χ0v) is 12.5. The molecule has 0 aromatic rings. The van der Waals surface area contributed by atoms with Gasteiger partial charge in [0.1, 0.15) is 0 Å². The fraction of sp³-hybridized carbons (Fsp3) is 0.600. The molecule has 0 heterocycles. The molecule has 0 spiro atoms. The Morgan fingerprint density at radius 1 is 1.23 bits per heavy atom. The Kier molecular flexibility index (Phi) is 7.22. The molecular weight excluding hydrogens is 282 g/mol. The van der Waals surface area contributed by atoms with E-state index in [0.29, 0.717) is 5.41 Å². The quantitative estimate of drug-likeness (QED) is 0.453. The van der Waals surface area contributed by atoms with E-state index in [9.17, 15) is 0 Å². The van der Waals surface area contributed by atoms with Gasteiger partial charge in [-0.2, -0.15) is 0 Å². The minimum absolute atomic E-state index is 0. The molecule has 0 aromatic heterocycles. The Morgan fingerprint density at radius 2 is 1.69 bits per heavy atom. The number of allylic oxidation sites excluding steroid dienone is 4. The van der Waals surface area contributed by atoms with Crippen LogP contribution in [0.4, 0.5) is 0 Å². The summed E-state index contributed by atoms with van der Waals surface area (Å²) in [5, 5.41) is 0. The summed E-state index contributed by atoms with van der Waals surface area (Å²) in [6, 6.07) is 0. The van der Waals surface area contributed by atoms with Gasteiger partial charge in [0.25, 0.3) is 0 Å². The van der Waals surface area contributed by atoms with Crippen molar-refractivity contribution in [2.45, 2.75) is 34.1 Å². The van der Waals surface area contributed by atoms with Gasteiger partial charge in [0.2, 0.25) is 0 Å². The number of hydrogen-bond acceptors (Lipinski definition) is 0. The molecule has 1 aliphatic carbocycles. The number of hydrogen-bond donors (Lipinski definition) is 0. The average molecular weight is 297 g/mol. The van der Waals surface area contributed by atoms with Crippen LogP contribution in [-0.2, 0) is 24.7 Å². The van der Waals surface area contributed by atoms with Crippen LogP contribution < -0.4 is 24.8 Å².